The topological polar surface area (TPSA) is 82.5 Å². The molecule has 3 aromatic rings. The number of methoxy groups -OCH3 is 2. The highest BCUT2D eigenvalue weighted by Gasteiger charge is 2.25. The van der Waals surface area contributed by atoms with E-state index < -0.39 is 5.91 Å². The van der Waals surface area contributed by atoms with Gasteiger partial charge in [0.25, 0.3) is 11.5 Å². The van der Waals surface area contributed by atoms with Crippen LogP contribution in [0.5, 0.6) is 11.5 Å². The Morgan fingerprint density at radius 2 is 1.80 bits per heavy atom. The summed E-state index contributed by atoms with van der Waals surface area (Å²) in [6.45, 7) is 0. The number of rotatable bonds is 5. The van der Waals surface area contributed by atoms with Crippen LogP contribution in [0, 0.1) is 0 Å². The molecule has 1 fully saturated rings. The summed E-state index contributed by atoms with van der Waals surface area (Å²) in [5.41, 5.74) is 3.43. The molecule has 1 N–H and O–H groups in total. The first kappa shape index (κ1) is 19.9. The first-order valence-electron chi connectivity index (χ1n) is 10.2. The van der Waals surface area contributed by atoms with E-state index in [4.69, 9.17) is 14.5 Å². The summed E-state index contributed by atoms with van der Waals surface area (Å²) < 4.78 is 12.0. The SMILES string of the molecule is COc1cccc(C(=O)Nn2c(C3CCCCC3)nc3ccccc3c2=O)c1OC. The number of carbonyl (C=O) groups is 1. The van der Waals surface area contributed by atoms with Gasteiger partial charge in [0.05, 0.1) is 30.7 Å². The number of para-hydroxylation sites is 2. The van der Waals surface area contributed by atoms with Gasteiger partial charge in [0.15, 0.2) is 11.5 Å². The van der Waals surface area contributed by atoms with Crippen molar-refractivity contribution < 1.29 is 14.3 Å². The van der Waals surface area contributed by atoms with Gasteiger partial charge in [-0.3, -0.25) is 15.0 Å². The quantitative estimate of drug-likeness (QED) is 0.695. The maximum Gasteiger partial charge on any atom is 0.280 e. The Morgan fingerprint density at radius 1 is 1.03 bits per heavy atom. The number of nitrogens with zero attached hydrogens (tertiary/aromatic N) is 2. The molecule has 1 aromatic heterocycles. The summed E-state index contributed by atoms with van der Waals surface area (Å²) in [6.07, 6.45) is 5.25. The maximum atomic E-state index is 13.3. The number of hydrogen-bond acceptors (Lipinski definition) is 5. The van der Waals surface area contributed by atoms with E-state index in [0.29, 0.717) is 28.2 Å². The molecule has 4 rings (SSSR count). The van der Waals surface area contributed by atoms with Gasteiger partial charge in [0.2, 0.25) is 0 Å². The van der Waals surface area contributed by atoms with Crippen LogP contribution in [-0.2, 0) is 0 Å². The normalized spacial score (nSPS) is 14.5. The summed E-state index contributed by atoms with van der Waals surface area (Å²) >= 11 is 0. The summed E-state index contributed by atoms with van der Waals surface area (Å²) in [5, 5.41) is 0.468. The van der Waals surface area contributed by atoms with Crippen molar-refractivity contribution in [3.8, 4) is 11.5 Å². The van der Waals surface area contributed by atoms with Crippen LogP contribution < -0.4 is 20.5 Å². The molecule has 30 heavy (non-hydrogen) atoms. The highest BCUT2D eigenvalue weighted by Crippen LogP contribution is 2.33. The largest absolute Gasteiger partial charge is 0.493 e. The van der Waals surface area contributed by atoms with Crippen LogP contribution in [0.3, 0.4) is 0 Å². The molecule has 0 atom stereocenters. The van der Waals surface area contributed by atoms with E-state index >= 15 is 0 Å². The van der Waals surface area contributed by atoms with Crippen molar-refractivity contribution in [3.63, 3.8) is 0 Å². The van der Waals surface area contributed by atoms with Gasteiger partial charge in [-0.1, -0.05) is 37.5 Å². The lowest BCUT2D eigenvalue weighted by molar-refractivity contribution is 0.100. The minimum Gasteiger partial charge on any atom is -0.493 e. The van der Waals surface area contributed by atoms with E-state index in [2.05, 4.69) is 5.43 Å². The maximum absolute atomic E-state index is 13.3. The van der Waals surface area contributed by atoms with Crippen molar-refractivity contribution in [2.75, 3.05) is 19.6 Å². The van der Waals surface area contributed by atoms with Crippen LogP contribution in [0.2, 0.25) is 0 Å². The standard InChI is InChI=1S/C23H25N3O4/c1-29-19-14-8-12-17(20(19)30-2)22(27)25-26-21(15-9-4-3-5-10-15)24-18-13-7-6-11-16(18)23(26)28/h6-8,11-15H,3-5,9-10H2,1-2H3,(H,25,27). The third-order valence-corrected chi connectivity index (χ3v) is 5.63. The predicted molar refractivity (Wildman–Crippen MR) is 115 cm³/mol. The summed E-state index contributed by atoms with van der Waals surface area (Å²) in [4.78, 5) is 31.2. The second-order valence-electron chi connectivity index (χ2n) is 7.44. The molecule has 0 radical (unpaired) electrons. The highest BCUT2D eigenvalue weighted by atomic mass is 16.5. The number of amides is 1. The van der Waals surface area contributed by atoms with Crippen molar-refractivity contribution >= 4 is 16.8 Å². The number of ether oxygens (including phenoxy) is 2. The van der Waals surface area contributed by atoms with Gasteiger partial charge in [-0.25, -0.2) is 9.66 Å². The average molecular weight is 407 g/mol. The lowest BCUT2D eigenvalue weighted by Crippen LogP contribution is -2.37. The zero-order valence-electron chi connectivity index (χ0n) is 17.2. The number of hydrogen-bond donors (Lipinski definition) is 1. The molecular formula is C23H25N3O4. The molecule has 0 saturated heterocycles. The predicted octanol–water partition coefficient (Wildman–Crippen LogP) is 3.85. The summed E-state index contributed by atoms with van der Waals surface area (Å²) in [5.74, 6) is 1.04. The van der Waals surface area contributed by atoms with Crippen LogP contribution in [-0.4, -0.2) is 29.8 Å². The summed E-state index contributed by atoms with van der Waals surface area (Å²) in [7, 11) is 2.99. The molecule has 156 valence electrons. The average Bonchev–Trinajstić information content (AvgIpc) is 2.80. The van der Waals surface area contributed by atoms with E-state index in [9.17, 15) is 9.59 Å². The minimum atomic E-state index is -0.456. The molecule has 0 spiro atoms. The molecule has 1 aliphatic rings. The van der Waals surface area contributed by atoms with Gasteiger partial charge >= 0.3 is 0 Å². The Kier molecular flexibility index (Phi) is 5.70. The lowest BCUT2D eigenvalue weighted by Gasteiger charge is -2.24. The Bertz CT molecular complexity index is 1130. The first-order chi connectivity index (χ1) is 14.6. The number of aromatic nitrogens is 2. The molecule has 1 aliphatic carbocycles. The molecule has 0 unspecified atom stereocenters. The van der Waals surface area contributed by atoms with Gasteiger partial charge in [0.1, 0.15) is 5.82 Å². The van der Waals surface area contributed by atoms with Gasteiger partial charge < -0.3 is 9.47 Å². The van der Waals surface area contributed by atoms with Crippen molar-refractivity contribution in [3.05, 3.63) is 64.2 Å². The molecule has 1 amide bonds. The van der Waals surface area contributed by atoms with Crippen LogP contribution in [0.15, 0.2) is 47.3 Å². The molecule has 7 nitrogen and oxygen atoms in total. The number of fused-ring (bicyclic) bond motifs is 1. The highest BCUT2D eigenvalue weighted by molar-refractivity contribution is 6.03. The second kappa shape index (κ2) is 8.57. The second-order valence-corrected chi connectivity index (χ2v) is 7.44. The van der Waals surface area contributed by atoms with E-state index in [0.717, 1.165) is 25.7 Å². The minimum absolute atomic E-state index is 0.128. The van der Waals surface area contributed by atoms with E-state index in [1.165, 1.54) is 25.3 Å². The van der Waals surface area contributed by atoms with Gasteiger partial charge in [-0.15, -0.1) is 0 Å². The van der Waals surface area contributed by atoms with Crippen molar-refractivity contribution in [2.24, 2.45) is 0 Å². The number of benzene rings is 2. The van der Waals surface area contributed by atoms with Crippen molar-refractivity contribution in [1.82, 2.24) is 9.66 Å². The summed E-state index contributed by atoms with van der Waals surface area (Å²) in [6, 6.07) is 12.3. The van der Waals surface area contributed by atoms with Gasteiger partial charge in [-0.2, -0.15) is 0 Å². The molecule has 1 saturated carbocycles. The van der Waals surface area contributed by atoms with Crippen molar-refractivity contribution in [2.45, 2.75) is 38.0 Å². The Labute approximate surface area is 174 Å². The fraction of sp³-hybridized carbons (Fsp3) is 0.348. The molecule has 0 aliphatic heterocycles. The smallest absolute Gasteiger partial charge is 0.280 e. The number of nitrogens with one attached hydrogen (secondary N) is 1. The van der Waals surface area contributed by atoms with Crippen LogP contribution in [0.1, 0.15) is 54.2 Å². The zero-order chi connectivity index (χ0) is 21.1. The van der Waals surface area contributed by atoms with Gasteiger partial charge in [0, 0.05) is 5.92 Å². The third-order valence-electron chi connectivity index (χ3n) is 5.63. The van der Waals surface area contributed by atoms with Crippen LogP contribution in [0.25, 0.3) is 10.9 Å². The van der Waals surface area contributed by atoms with Crippen molar-refractivity contribution in [1.29, 1.82) is 0 Å². The molecular weight excluding hydrogens is 382 g/mol. The Hall–Kier alpha value is -3.35. The third kappa shape index (κ3) is 3.63. The molecule has 1 heterocycles. The number of carbonyl (C=O) groups excluding carboxylic acids is 1. The van der Waals surface area contributed by atoms with Crippen LogP contribution >= 0.6 is 0 Å². The van der Waals surface area contributed by atoms with Crippen LogP contribution in [0.4, 0.5) is 0 Å². The Balaban J connectivity index is 1.81. The fourth-order valence-corrected chi connectivity index (χ4v) is 4.12. The first-order valence-corrected chi connectivity index (χ1v) is 10.2. The van der Waals surface area contributed by atoms with E-state index in [1.807, 2.05) is 12.1 Å². The van der Waals surface area contributed by atoms with Gasteiger partial charge in [-0.05, 0) is 37.1 Å². The molecule has 0 bridgehead atoms. The van der Waals surface area contributed by atoms with E-state index in [-0.39, 0.29) is 17.0 Å². The monoisotopic (exact) mass is 407 g/mol. The lowest BCUT2D eigenvalue weighted by atomic mass is 9.88. The Morgan fingerprint density at radius 3 is 2.53 bits per heavy atom. The molecule has 7 heteroatoms. The zero-order valence-corrected chi connectivity index (χ0v) is 17.2. The molecule has 2 aromatic carbocycles. The van der Waals surface area contributed by atoms with E-state index in [1.54, 1.807) is 30.3 Å². The fourth-order valence-electron chi connectivity index (χ4n) is 4.12.